The van der Waals surface area contributed by atoms with Gasteiger partial charge in [-0.05, 0) is 43.9 Å². The zero-order valence-electron chi connectivity index (χ0n) is 18.5. The number of amides is 2. The molecule has 2 aliphatic heterocycles. The van der Waals surface area contributed by atoms with E-state index in [0.717, 1.165) is 19.3 Å². The second kappa shape index (κ2) is 10.6. The van der Waals surface area contributed by atoms with Crippen molar-refractivity contribution < 1.29 is 23.8 Å². The number of carbonyl (C=O) groups excluding carboxylic acids is 2. The van der Waals surface area contributed by atoms with Gasteiger partial charge < -0.3 is 24.0 Å². The highest BCUT2D eigenvalue weighted by atomic mass is 16.6. The maximum absolute atomic E-state index is 13.1. The zero-order valence-corrected chi connectivity index (χ0v) is 18.5. The average molecular weight is 430 g/mol. The summed E-state index contributed by atoms with van der Waals surface area (Å²) < 4.78 is 17.9. The topological polar surface area (TPSA) is 92.1 Å². The molecule has 1 saturated heterocycles. The van der Waals surface area contributed by atoms with Gasteiger partial charge in [0.15, 0.2) is 0 Å². The highest BCUT2D eigenvalue weighted by Gasteiger charge is 2.32. The fourth-order valence-electron chi connectivity index (χ4n) is 4.06. The van der Waals surface area contributed by atoms with Crippen molar-refractivity contribution in [3.8, 4) is 11.8 Å². The third-order valence-corrected chi connectivity index (χ3v) is 6.04. The van der Waals surface area contributed by atoms with Crippen LogP contribution < -0.4 is 4.74 Å². The molecule has 2 amide bonds. The van der Waals surface area contributed by atoms with Crippen LogP contribution in [0.15, 0.2) is 18.2 Å². The van der Waals surface area contributed by atoms with Crippen LogP contribution in [-0.4, -0.2) is 80.8 Å². The van der Waals surface area contributed by atoms with Crippen molar-refractivity contribution >= 4 is 11.8 Å². The highest BCUT2D eigenvalue weighted by molar-refractivity contribution is 5.97. The predicted octanol–water partition coefficient (Wildman–Crippen LogP) is 2.21. The molecule has 0 unspecified atom stereocenters. The van der Waals surface area contributed by atoms with Crippen molar-refractivity contribution in [1.82, 2.24) is 9.80 Å². The van der Waals surface area contributed by atoms with Gasteiger partial charge in [0, 0.05) is 40.7 Å². The average Bonchev–Trinajstić information content (AvgIpc) is 2.79. The Balaban J connectivity index is 1.87. The molecule has 3 atom stereocenters. The maximum Gasteiger partial charge on any atom is 0.257 e. The summed E-state index contributed by atoms with van der Waals surface area (Å²) in [5.74, 6) is 0.232. The predicted molar refractivity (Wildman–Crippen MR) is 114 cm³/mol. The molecular weight excluding hydrogens is 398 g/mol. The van der Waals surface area contributed by atoms with Gasteiger partial charge in [-0.1, -0.05) is 0 Å². The molecule has 0 spiro atoms. The van der Waals surface area contributed by atoms with E-state index in [-0.39, 0.29) is 36.7 Å². The lowest BCUT2D eigenvalue weighted by Gasteiger charge is -2.36. The fourth-order valence-corrected chi connectivity index (χ4v) is 4.06. The molecule has 0 aliphatic carbocycles. The van der Waals surface area contributed by atoms with Gasteiger partial charge in [-0.2, -0.15) is 5.26 Å². The van der Waals surface area contributed by atoms with Crippen LogP contribution in [0.5, 0.6) is 5.75 Å². The molecule has 0 N–H and O–H groups in total. The Morgan fingerprint density at radius 1 is 1.13 bits per heavy atom. The number of nitriles is 1. The minimum Gasteiger partial charge on any atom is -0.490 e. The Kier molecular flexibility index (Phi) is 7.88. The highest BCUT2D eigenvalue weighted by Crippen LogP contribution is 2.27. The summed E-state index contributed by atoms with van der Waals surface area (Å²) in [5.41, 5.74) is 0.720. The third-order valence-electron chi connectivity index (χ3n) is 6.04. The molecule has 8 heteroatoms. The van der Waals surface area contributed by atoms with E-state index in [1.165, 1.54) is 0 Å². The van der Waals surface area contributed by atoms with Crippen molar-refractivity contribution in [3.63, 3.8) is 0 Å². The number of rotatable bonds is 1. The van der Waals surface area contributed by atoms with Crippen molar-refractivity contribution in [2.45, 2.75) is 50.4 Å². The summed E-state index contributed by atoms with van der Waals surface area (Å²) in [6.45, 7) is 1.30. The van der Waals surface area contributed by atoms with E-state index >= 15 is 0 Å². The van der Waals surface area contributed by atoms with Crippen molar-refractivity contribution in [1.29, 1.82) is 5.26 Å². The lowest BCUT2D eigenvalue weighted by Crippen LogP contribution is -2.44. The first-order valence-corrected chi connectivity index (χ1v) is 10.8. The third kappa shape index (κ3) is 5.75. The Hall–Kier alpha value is -2.63. The summed E-state index contributed by atoms with van der Waals surface area (Å²) in [4.78, 5) is 28.8. The van der Waals surface area contributed by atoms with E-state index < -0.39 is 0 Å². The lowest BCUT2D eigenvalue weighted by atomic mass is 9.99. The van der Waals surface area contributed by atoms with Crippen molar-refractivity contribution in [3.05, 3.63) is 29.3 Å². The van der Waals surface area contributed by atoms with E-state index in [0.29, 0.717) is 42.8 Å². The minimum atomic E-state index is -0.283. The molecule has 2 bridgehead atoms. The number of fused-ring (bicyclic) bond motifs is 3. The molecular formula is C23H31N3O5. The fraction of sp³-hybridized carbons (Fsp3) is 0.609. The molecule has 0 aromatic heterocycles. The zero-order chi connectivity index (χ0) is 22.4. The number of ether oxygens (including phenoxy) is 3. The summed E-state index contributed by atoms with van der Waals surface area (Å²) in [6, 6.07) is 6.92. The van der Waals surface area contributed by atoms with Crippen LogP contribution in [0.2, 0.25) is 0 Å². The normalized spacial score (nSPS) is 26.1. The van der Waals surface area contributed by atoms with Gasteiger partial charge in [-0.3, -0.25) is 9.59 Å². The van der Waals surface area contributed by atoms with Gasteiger partial charge in [0.25, 0.3) is 5.91 Å². The lowest BCUT2D eigenvalue weighted by molar-refractivity contribution is -0.145. The smallest absolute Gasteiger partial charge is 0.257 e. The van der Waals surface area contributed by atoms with Gasteiger partial charge in [0.05, 0.1) is 29.4 Å². The Labute approximate surface area is 183 Å². The molecule has 1 fully saturated rings. The van der Waals surface area contributed by atoms with Crippen LogP contribution in [0.1, 0.15) is 48.0 Å². The Morgan fingerprint density at radius 2 is 1.94 bits per heavy atom. The van der Waals surface area contributed by atoms with Gasteiger partial charge in [0.1, 0.15) is 18.5 Å². The number of hydrogen-bond acceptors (Lipinski definition) is 6. The number of carbonyl (C=O) groups is 2. The number of methoxy groups -OCH3 is 1. The van der Waals surface area contributed by atoms with Crippen LogP contribution in [0.25, 0.3) is 0 Å². The maximum atomic E-state index is 13.1. The van der Waals surface area contributed by atoms with E-state index in [4.69, 9.17) is 14.2 Å². The van der Waals surface area contributed by atoms with Crippen molar-refractivity contribution in [2.75, 3.05) is 40.9 Å². The van der Waals surface area contributed by atoms with Crippen LogP contribution in [-0.2, 0) is 14.3 Å². The largest absolute Gasteiger partial charge is 0.490 e. The SMILES string of the molecule is CO[C@H]1CC[C@H]2CCN(C)C(=O)CCCN(C)C(=O)c3cc(C#N)ccc3OC[C@@H]1O2. The number of benzene rings is 1. The van der Waals surface area contributed by atoms with Crippen LogP contribution in [0, 0.1) is 11.3 Å². The van der Waals surface area contributed by atoms with Crippen LogP contribution in [0.3, 0.4) is 0 Å². The number of hydrogen-bond donors (Lipinski definition) is 0. The summed E-state index contributed by atoms with van der Waals surface area (Å²) in [7, 11) is 5.16. The standard InChI is InChI=1S/C23H31N3O5/c1-25-12-10-17-7-9-20(29-3)21(31-17)15-30-19-8-6-16(14-24)13-18(19)23(28)26(2)11-4-5-22(25)27/h6,8,13,17,20-21H,4-5,7,9-12,15H2,1-3H3/t17-,20-,21-/m0/s1. The Bertz CT molecular complexity index is 837. The molecule has 2 aliphatic rings. The molecule has 31 heavy (non-hydrogen) atoms. The quantitative estimate of drug-likeness (QED) is 0.680. The van der Waals surface area contributed by atoms with Gasteiger partial charge in [-0.15, -0.1) is 0 Å². The second-order valence-electron chi connectivity index (χ2n) is 8.22. The second-order valence-corrected chi connectivity index (χ2v) is 8.22. The Morgan fingerprint density at radius 3 is 2.68 bits per heavy atom. The van der Waals surface area contributed by atoms with Crippen LogP contribution >= 0.6 is 0 Å². The first kappa shape index (κ1) is 23.0. The van der Waals surface area contributed by atoms with E-state index in [1.807, 2.05) is 0 Å². The summed E-state index contributed by atoms with van der Waals surface area (Å²) in [5, 5.41) is 9.27. The monoisotopic (exact) mass is 429 g/mol. The van der Waals surface area contributed by atoms with E-state index in [9.17, 15) is 14.9 Å². The minimum absolute atomic E-state index is 0.0244. The molecule has 0 radical (unpaired) electrons. The number of nitrogens with zero attached hydrogens (tertiary/aromatic N) is 3. The van der Waals surface area contributed by atoms with E-state index in [1.54, 1.807) is 49.2 Å². The summed E-state index contributed by atoms with van der Waals surface area (Å²) >= 11 is 0. The first-order valence-electron chi connectivity index (χ1n) is 10.8. The molecule has 1 aromatic carbocycles. The van der Waals surface area contributed by atoms with Gasteiger partial charge in [-0.25, -0.2) is 0 Å². The van der Waals surface area contributed by atoms with Gasteiger partial charge in [0.2, 0.25) is 5.91 Å². The molecule has 3 rings (SSSR count). The van der Waals surface area contributed by atoms with Gasteiger partial charge >= 0.3 is 0 Å². The summed E-state index contributed by atoms with van der Waals surface area (Å²) in [6.07, 6.45) is 3.04. The van der Waals surface area contributed by atoms with Crippen molar-refractivity contribution in [2.24, 2.45) is 0 Å². The van der Waals surface area contributed by atoms with Crippen LogP contribution in [0.4, 0.5) is 0 Å². The molecule has 1 aromatic rings. The molecule has 0 saturated carbocycles. The molecule has 2 heterocycles. The molecule has 8 nitrogen and oxygen atoms in total. The molecule has 168 valence electrons. The van der Waals surface area contributed by atoms with E-state index in [2.05, 4.69) is 6.07 Å². The first-order chi connectivity index (χ1) is 14.9.